The van der Waals surface area contributed by atoms with Gasteiger partial charge in [-0.25, -0.2) is 9.97 Å². The minimum absolute atomic E-state index is 0.557. The molecular formula is C16H17BrN6. The Kier molecular flexibility index (Phi) is 4.87. The summed E-state index contributed by atoms with van der Waals surface area (Å²) in [5.74, 6) is 1.31. The summed E-state index contributed by atoms with van der Waals surface area (Å²) in [4.78, 5) is 15.9. The highest BCUT2D eigenvalue weighted by Crippen LogP contribution is 2.22. The Morgan fingerprint density at radius 1 is 1.26 bits per heavy atom. The van der Waals surface area contributed by atoms with Crippen molar-refractivity contribution in [2.75, 3.05) is 17.2 Å². The number of H-pyrrole nitrogens is 1. The van der Waals surface area contributed by atoms with Crippen molar-refractivity contribution in [1.29, 1.82) is 0 Å². The number of hydrogen-bond acceptors (Lipinski definition) is 5. The van der Waals surface area contributed by atoms with Crippen molar-refractivity contribution in [2.45, 2.75) is 13.3 Å². The average molecular weight is 373 g/mol. The molecule has 23 heavy (non-hydrogen) atoms. The molecule has 0 saturated carbocycles. The number of anilines is 3. The third kappa shape index (κ3) is 4.29. The van der Waals surface area contributed by atoms with Crippen LogP contribution in [0.3, 0.4) is 0 Å². The maximum Gasteiger partial charge on any atom is 0.229 e. The van der Waals surface area contributed by atoms with Gasteiger partial charge in [0.15, 0.2) is 0 Å². The standard InChI is InChI=1S/C16H17BrN6/c1-11-3-2-4-12(7-11)22-16-20-9-14(17)15(23-16)19-6-5-13-8-18-10-21-13/h2-4,7-10H,5-6H2,1H3,(H,18,21)(H2,19,20,22,23). The van der Waals surface area contributed by atoms with Gasteiger partial charge in [-0.05, 0) is 40.5 Å². The minimum Gasteiger partial charge on any atom is -0.369 e. The summed E-state index contributed by atoms with van der Waals surface area (Å²) < 4.78 is 0.828. The molecule has 0 bridgehead atoms. The SMILES string of the molecule is Cc1cccc(Nc2ncc(Br)c(NCCc3c[nH]cn3)n2)c1. The van der Waals surface area contributed by atoms with Crippen LogP contribution >= 0.6 is 15.9 Å². The van der Waals surface area contributed by atoms with Gasteiger partial charge < -0.3 is 15.6 Å². The summed E-state index contributed by atoms with van der Waals surface area (Å²) >= 11 is 3.47. The first-order valence-corrected chi connectivity index (χ1v) is 8.08. The predicted octanol–water partition coefficient (Wildman–Crippen LogP) is 3.67. The smallest absolute Gasteiger partial charge is 0.229 e. The maximum atomic E-state index is 4.51. The fourth-order valence-corrected chi connectivity index (χ4v) is 2.47. The third-order valence-corrected chi connectivity index (χ3v) is 3.83. The third-order valence-electron chi connectivity index (χ3n) is 3.25. The van der Waals surface area contributed by atoms with Crippen molar-refractivity contribution in [2.24, 2.45) is 0 Å². The highest BCUT2D eigenvalue weighted by Gasteiger charge is 2.06. The fourth-order valence-electron chi connectivity index (χ4n) is 2.14. The number of nitrogens with one attached hydrogen (secondary N) is 3. The molecule has 0 fully saturated rings. The Labute approximate surface area is 142 Å². The van der Waals surface area contributed by atoms with Crippen LogP contribution in [-0.2, 0) is 6.42 Å². The Bertz CT molecular complexity index is 772. The second-order valence-corrected chi connectivity index (χ2v) is 5.98. The van der Waals surface area contributed by atoms with E-state index < -0.39 is 0 Å². The number of benzene rings is 1. The summed E-state index contributed by atoms with van der Waals surface area (Å²) in [6.45, 7) is 2.79. The lowest BCUT2D eigenvalue weighted by atomic mass is 10.2. The number of aromatic amines is 1. The van der Waals surface area contributed by atoms with Gasteiger partial charge >= 0.3 is 0 Å². The van der Waals surface area contributed by atoms with Gasteiger partial charge in [0, 0.05) is 31.0 Å². The van der Waals surface area contributed by atoms with E-state index in [1.54, 1.807) is 12.5 Å². The van der Waals surface area contributed by atoms with Gasteiger partial charge in [0.2, 0.25) is 5.95 Å². The molecule has 2 aromatic heterocycles. The van der Waals surface area contributed by atoms with Gasteiger partial charge in [-0.3, -0.25) is 0 Å². The van der Waals surface area contributed by atoms with Crippen molar-refractivity contribution in [1.82, 2.24) is 19.9 Å². The largest absolute Gasteiger partial charge is 0.369 e. The van der Waals surface area contributed by atoms with Gasteiger partial charge in [-0.2, -0.15) is 4.98 Å². The molecule has 3 aromatic rings. The van der Waals surface area contributed by atoms with Crippen molar-refractivity contribution in [3.8, 4) is 0 Å². The molecule has 0 radical (unpaired) electrons. The molecule has 1 aromatic carbocycles. The zero-order valence-electron chi connectivity index (χ0n) is 12.7. The van der Waals surface area contributed by atoms with E-state index in [1.165, 1.54) is 5.56 Å². The first-order valence-electron chi connectivity index (χ1n) is 7.28. The number of nitrogens with zero attached hydrogens (tertiary/aromatic N) is 3. The second kappa shape index (κ2) is 7.23. The topological polar surface area (TPSA) is 78.5 Å². The molecule has 0 amide bonds. The normalized spacial score (nSPS) is 10.5. The summed E-state index contributed by atoms with van der Waals surface area (Å²) in [7, 11) is 0. The molecule has 0 saturated heterocycles. The quantitative estimate of drug-likeness (QED) is 0.615. The van der Waals surface area contributed by atoms with Crippen LogP contribution in [0.1, 0.15) is 11.3 Å². The first kappa shape index (κ1) is 15.5. The lowest BCUT2D eigenvalue weighted by Gasteiger charge is -2.10. The Hall–Kier alpha value is -2.41. The number of rotatable bonds is 6. The molecule has 0 unspecified atom stereocenters. The summed E-state index contributed by atoms with van der Waals surface area (Å²) in [5, 5.41) is 6.51. The highest BCUT2D eigenvalue weighted by molar-refractivity contribution is 9.10. The van der Waals surface area contributed by atoms with E-state index in [9.17, 15) is 0 Å². The lowest BCUT2D eigenvalue weighted by molar-refractivity contribution is 0.962. The van der Waals surface area contributed by atoms with Crippen molar-refractivity contribution in [3.63, 3.8) is 0 Å². The number of halogens is 1. The molecule has 0 atom stereocenters. The van der Waals surface area contributed by atoms with Crippen LogP contribution in [0, 0.1) is 6.92 Å². The number of aromatic nitrogens is 4. The number of imidazole rings is 1. The van der Waals surface area contributed by atoms with E-state index in [4.69, 9.17) is 0 Å². The van der Waals surface area contributed by atoms with Gasteiger partial charge in [0.1, 0.15) is 5.82 Å². The molecule has 0 spiro atoms. The van der Waals surface area contributed by atoms with Crippen LogP contribution in [0.5, 0.6) is 0 Å². The zero-order valence-corrected chi connectivity index (χ0v) is 14.3. The molecule has 6 nitrogen and oxygen atoms in total. The molecular weight excluding hydrogens is 356 g/mol. The van der Waals surface area contributed by atoms with E-state index in [0.29, 0.717) is 5.95 Å². The Morgan fingerprint density at radius 3 is 2.96 bits per heavy atom. The lowest BCUT2D eigenvalue weighted by Crippen LogP contribution is -2.09. The first-order chi connectivity index (χ1) is 11.2. The van der Waals surface area contributed by atoms with Crippen LogP contribution < -0.4 is 10.6 Å². The average Bonchev–Trinajstić information content (AvgIpc) is 3.04. The van der Waals surface area contributed by atoms with Gasteiger partial charge in [0.25, 0.3) is 0 Å². The summed E-state index contributed by atoms with van der Waals surface area (Å²) in [6.07, 6.45) is 6.13. The van der Waals surface area contributed by atoms with Gasteiger partial charge in [0.05, 0.1) is 16.5 Å². The molecule has 7 heteroatoms. The van der Waals surface area contributed by atoms with E-state index in [2.05, 4.69) is 65.6 Å². The summed E-state index contributed by atoms with van der Waals surface area (Å²) in [5.41, 5.74) is 3.17. The van der Waals surface area contributed by atoms with Gasteiger partial charge in [-0.15, -0.1) is 0 Å². The minimum atomic E-state index is 0.557. The van der Waals surface area contributed by atoms with E-state index in [-0.39, 0.29) is 0 Å². The zero-order chi connectivity index (χ0) is 16.1. The highest BCUT2D eigenvalue weighted by atomic mass is 79.9. The molecule has 0 aliphatic heterocycles. The van der Waals surface area contributed by atoms with Crippen LogP contribution in [0.25, 0.3) is 0 Å². The molecule has 0 aliphatic rings. The molecule has 3 rings (SSSR count). The van der Waals surface area contributed by atoms with E-state index in [0.717, 1.165) is 34.6 Å². The van der Waals surface area contributed by atoms with E-state index in [1.807, 2.05) is 18.3 Å². The molecule has 3 N–H and O–H groups in total. The van der Waals surface area contributed by atoms with Crippen molar-refractivity contribution < 1.29 is 0 Å². The van der Waals surface area contributed by atoms with Crippen molar-refractivity contribution >= 4 is 33.4 Å². The predicted molar refractivity (Wildman–Crippen MR) is 95.0 cm³/mol. The van der Waals surface area contributed by atoms with Crippen LogP contribution in [0.15, 0.2) is 47.5 Å². The van der Waals surface area contributed by atoms with Crippen LogP contribution in [0.4, 0.5) is 17.5 Å². The van der Waals surface area contributed by atoms with Crippen LogP contribution in [0.2, 0.25) is 0 Å². The van der Waals surface area contributed by atoms with Crippen LogP contribution in [-0.4, -0.2) is 26.5 Å². The second-order valence-electron chi connectivity index (χ2n) is 5.12. The molecule has 2 heterocycles. The monoisotopic (exact) mass is 372 g/mol. The number of aryl methyl sites for hydroxylation is 1. The summed E-state index contributed by atoms with van der Waals surface area (Å²) in [6, 6.07) is 8.09. The molecule has 0 aliphatic carbocycles. The maximum absolute atomic E-state index is 4.51. The Morgan fingerprint density at radius 2 is 2.17 bits per heavy atom. The fraction of sp³-hybridized carbons (Fsp3) is 0.188. The Balaban J connectivity index is 1.66. The van der Waals surface area contributed by atoms with Gasteiger partial charge in [-0.1, -0.05) is 12.1 Å². The van der Waals surface area contributed by atoms with Crippen molar-refractivity contribution in [3.05, 3.63) is 58.7 Å². The van der Waals surface area contributed by atoms with E-state index >= 15 is 0 Å². The molecule has 118 valence electrons. The number of hydrogen-bond donors (Lipinski definition) is 3.